The van der Waals surface area contributed by atoms with Gasteiger partial charge in [-0.15, -0.1) is 0 Å². The van der Waals surface area contributed by atoms with E-state index in [4.69, 9.17) is 10.8 Å². The van der Waals surface area contributed by atoms with Crippen LogP contribution in [0.3, 0.4) is 0 Å². The summed E-state index contributed by atoms with van der Waals surface area (Å²) in [5.74, 6) is -1.76. The maximum Gasteiger partial charge on any atom is 0.326 e. The normalized spacial score (nSPS) is 22.1. The van der Waals surface area contributed by atoms with Gasteiger partial charge in [0, 0.05) is 12.5 Å². The predicted octanol–water partition coefficient (Wildman–Crippen LogP) is 0.973. The Balaban J connectivity index is 2.53. The van der Waals surface area contributed by atoms with Crippen LogP contribution < -0.4 is 16.4 Å². The van der Waals surface area contributed by atoms with E-state index in [2.05, 4.69) is 24.5 Å². The van der Waals surface area contributed by atoms with Crippen LogP contribution in [0.2, 0.25) is 0 Å². The summed E-state index contributed by atoms with van der Waals surface area (Å²) in [6, 6.07) is -1.59. The van der Waals surface area contributed by atoms with Crippen molar-refractivity contribution in [1.82, 2.24) is 10.6 Å². The van der Waals surface area contributed by atoms with Crippen LogP contribution in [-0.4, -0.2) is 35.1 Å². The molecule has 3 amide bonds. The third-order valence-electron chi connectivity index (χ3n) is 4.10. The average Bonchev–Trinajstić information content (AvgIpc) is 2.36. The zero-order valence-corrected chi connectivity index (χ0v) is 12.6. The van der Waals surface area contributed by atoms with Crippen LogP contribution in [0.25, 0.3) is 0 Å². The molecule has 0 aromatic rings. The van der Waals surface area contributed by atoms with Gasteiger partial charge in [0.1, 0.15) is 6.04 Å². The number of carbonyl (C=O) groups is 3. The summed E-state index contributed by atoms with van der Waals surface area (Å²) in [5.41, 5.74) is 5.00. The predicted molar refractivity (Wildman–Crippen MR) is 77.6 cm³/mol. The number of hydrogen-bond acceptors (Lipinski definition) is 3. The van der Waals surface area contributed by atoms with Crippen molar-refractivity contribution in [3.8, 4) is 0 Å². The Kier molecular flexibility index (Phi) is 5.99. The molecule has 0 aromatic carbocycles. The lowest BCUT2D eigenvalue weighted by Gasteiger charge is -2.39. The molecular formula is C14H25N3O4. The number of primary amides is 1. The van der Waals surface area contributed by atoms with Gasteiger partial charge < -0.3 is 21.5 Å². The van der Waals surface area contributed by atoms with Gasteiger partial charge in [0.2, 0.25) is 5.91 Å². The second-order valence-corrected chi connectivity index (χ2v) is 6.30. The fourth-order valence-electron chi connectivity index (χ4n) is 2.66. The molecule has 5 N–H and O–H groups in total. The van der Waals surface area contributed by atoms with E-state index in [-0.39, 0.29) is 24.3 Å². The molecule has 0 radical (unpaired) electrons. The zero-order valence-electron chi connectivity index (χ0n) is 12.6. The lowest BCUT2D eigenvalue weighted by Crippen LogP contribution is -2.53. The van der Waals surface area contributed by atoms with Gasteiger partial charge in [-0.1, -0.05) is 26.7 Å². The fourth-order valence-corrected chi connectivity index (χ4v) is 2.66. The van der Waals surface area contributed by atoms with E-state index in [1.54, 1.807) is 0 Å². The first-order valence-electron chi connectivity index (χ1n) is 7.30. The quantitative estimate of drug-likeness (QED) is 0.584. The Morgan fingerprint density at radius 3 is 2.52 bits per heavy atom. The minimum Gasteiger partial charge on any atom is -0.480 e. The van der Waals surface area contributed by atoms with Crippen LogP contribution in [-0.2, 0) is 9.59 Å². The van der Waals surface area contributed by atoms with Crippen molar-refractivity contribution in [2.24, 2.45) is 11.1 Å². The Hall–Kier alpha value is -1.79. The summed E-state index contributed by atoms with van der Waals surface area (Å²) >= 11 is 0. The number of carboxylic acid groups (broad SMARTS) is 1. The monoisotopic (exact) mass is 299 g/mol. The van der Waals surface area contributed by atoms with E-state index in [0.717, 1.165) is 25.7 Å². The molecule has 2 atom stereocenters. The van der Waals surface area contributed by atoms with E-state index < -0.39 is 23.9 Å². The van der Waals surface area contributed by atoms with E-state index in [1.807, 2.05) is 0 Å². The van der Waals surface area contributed by atoms with Gasteiger partial charge in [0.05, 0.1) is 0 Å². The molecule has 0 aromatic heterocycles. The number of nitrogens with two attached hydrogens (primary N) is 1. The first-order chi connectivity index (χ1) is 9.72. The Morgan fingerprint density at radius 2 is 2.00 bits per heavy atom. The van der Waals surface area contributed by atoms with Crippen molar-refractivity contribution in [3.05, 3.63) is 0 Å². The summed E-state index contributed by atoms with van der Waals surface area (Å²) in [6.45, 7) is 4.19. The lowest BCUT2D eigenvalue weighted by atomic mass is 9.73. The summed E-state index contributed by atoms with van der Waals surface area (Å²) < 4.78 is 0. The Morgan fingerprint density at radius 1 is 1.33 bits per heavy atom. The third kappa shape index (κ3) is 5.61. The largest absolute Gasteiger partial charge is 0.480 e. The number of amides is 3. The second-order valence-electron chi connectivity index (χ2n) is 6.30. The fraction of sp³-hybridized carbons (Fsp3) is 0.786. The van der Waals surface area contributed by atoms with Crippen molar-refractivity contribution >= 4 is 17.9 Å². The number of carboxylic acids is 1. The lowest BCUT2D eigenvalue weighted by molar-refractivity contribution is -0.139. The average molecular weight is 299 g/mol. The van der Waals surface area contributed by atoms with Gasteiger partial charge in [-0.25, -0.2) is 9.59 Å². The van der Waals surface area contributed by atoms with Crippen molar-refractivity contribution in [1.29, 1.82) is 0 Å². The minimum absolute atomic E-state index is 0.00152. The number of aliphatic carboxylic acids is 1. The SMILES string of the molecule is CC1(C)CCCCC1NC(=O)NC(CCC(N)=O)C(=O)O. The van der Waals surface area contributed by atoms with Gasteiger partial charge in [-0.2, -0.15) is 0 Å². The van der Waals surface area contributed by atoms with Crippen LogP contribution in [0.1, 0.15) is 52.4 Å². The first-order valence-corrected chi connectivity index (χ1v) is 7.30. The van der Waals surface area contributed by atoms with Gasteiger partial charge in [-0.05, 0) is 24.7 Å². The summed E-state index contributed by atoms with van der Waals surface area (Å²) in [7, 11) is 0. The van der Waals surface area contributed by atoms with Gasteiger partial charge in [-0.3, -0.25) is 4.79 Å². The number of nitrogens with one attached hydrogen (secondary N) is 2. The van der Waals surface area contributed by atoms with Crippen molar-refractivity contribution in [2.75, 3.05) is 0 Å². The highest BCUT2D eigenvalue weighted by molar-refractivity contribution is 5.83. The summed E-state index contributed by atoms with van der Waals surface area (Å²) in [6.07, 6.45) is 4.03. The zero-order chi connectivity index (χ0) is 16.0. The molecule has 7 heteroatoms. The standard InChI is InChI=1S/C14H25N3O4/c1-14(2)8-4-3-5-10(14)17-13(21)16-9(12(19)20)6-7-11(15)18/h9-10H,3-8H2,1-2H3,(H2,15,18)(H,19,20)(H2,16,17,21). The molecule has 7 nitrogen and oxygen atoms in total. The van der Waals surface area contributed by atoms with Gasteiger partial charge in [0.15, 0.2) is 0 Å². The molecule has 21 heavy (non-hydrogen) atoms. The molecule has 1 fully saturated rings. The van der Waals surface area contributed by atoms with Crippen LogP contribution in [0.4, 0.5) is 4.79 Å². The molecule has 1 rings (SSSR count). The summed E-state index contributed by atoms with van der Waals surface area (Å²) in [5, 5.41) is 14.3. The molecule has 2 unspecified atom stereocenters. The molecule has 0 spiro atoms. The van der Waals surface area contributed by atoms with Gasteiger partial charge >= 0.3 is 12.0 Å². The molecule has 0 bridgehead atoms. The summed E-state index contributed by atoms with van der Waals surface area (Å²) in [4.78, 5) is 33.7. The molecule has 1 saturated carbocycles. The van der Waals surface area contributed by atoms with E-state index >= 15 is 0 Å². The Labute approximate surface area is 124 Å². The van der Waals surface area contributed by atoms with Crippen molar-refractivity contribution < 1.29 is 19.5 Å². The first kappa shape index (κ1) is 17.3. The van der Waals surface area contributed by atoms with Crippen LogP contribution in [0.15, 0.2) is 0 Å². The van der Waals surface area contributed by atoms with Crippen LogP contribution in [0.5, 0.6) is 0 Å². The highest BCUT2D eigenvalue weighted by atomic mass is 16.4. The van der Waals surface area contributed by atoms with Crippen molar-refractivity contribution in [2.45, 2.75) is 64.5 Å². The molecule has 120 valence electrons. The number of urea groups is 1. The number of carbonyl (C=O) groups excluding carboxylic acids is 2. The smallest absolute Gasteiger partial charge is 0.326 e. The van der Waals surface area contributed by atoms with E-state index in [9.17, 15) is 14.4 Å². The van der Waals surface area contributed by atoms with Gasteiger partial charge in [0.25, 0.3) is 0 Å². The Bertz CT molecular complexity index is 409. The third-order valence-corrected chi connectivity index (χ3v) is 4.10. The molecule has 0 heterocycles. The van der Waals surface area contributed by atoms with Crippen LogP contribution >= 0.6 is 0 Å². The number of rotatable bonds is 6. The maximum atomic E-state index is 12.0. The topological polar surface area (TPSA) is 122 Å². The molecule has 0 aliphatic heterocycles. The van der Waals surface area contributed by atoms with E-state index in [0.29, 0.717) is 0 Å². The second kappa shape index (κ2) is 7.28. The minimum atomic E-state index is -1.17. The van der Waals surface area contributed by atoms with Crippen molar-refractivity contribution in [3.63, 3.8) is 0 Å². The molecule has 1 aliphatic rings. The highest BCUT2D eigenvalue weighted by Gasteiger charge is 2.33. The molecular weight excluding hydrogens is 274 g/mol. The number of hydrogen-bond donors (Lipinski definition) is 4. The van der Waals surface area contributed by atoms with Crippen LogP contribution in [0, 0.1) is 5.41 Å². The maximum absolute atomic E-state index is 12.0. The van der Waals surface area contributed by atoms with E-state index in [1.165, 1.54) is 0 Å². The highest BCUT2D eigenvalue weighted by Crippen LogP contribution is 2.35. The molecule has 1 aliphatic carbocycles. The molecule has 0 saturated heterocycles.